The van der Waals surface area contributed by atoms with Crippen molar-refractivity contribution in [2.24, 2.45) is 0 Å². The second-order valence-corrected chi connectivity index (χ2v) is 2.64. The van der Waals surface area contributed by atoms with E-state index in [2.05, 4.69) is 42.8 Å². The molecule has 13 heavy (non-hydrogen) atoms. The molecular formula is C9H16N2O2. The Morgan fingerprint density at radius 2 is 2.23 bits per heavy atom. The van der Waals surface area contributed by atoms with Crippen LogP contribution in [-0.2, 0) is 4.79 Å². The van der Waals surface area contributed by atoms with E-state index in [-0.39, 0.29) is 0 Å². The lowest BCUT2D eigenvalue weighted by Gasteiger charge is -2.14. The Morgan fingerprint density at radius 3 is 2.38 bits per heavy atom. The number of nitrogens with zero attached hydrogens (tertiary/aromatic N) is 2. The predicted octanol–water partition coefficient (Wildman–Crippen LogP) is 0.939. The summed E-state index contributed by atoms with van der Waals surface area (Å²) in [5.41, 5.74) is 0. The first-order chi connectivity index (χ1) is 6.10. The van der Waals surface area contributed by atoms with Gasteiger partial charge in [0.2, 0.25) is 0 Å². The first-order valence-electron chi connectivity index (χ1n) is 4.08. The van der Waals surface area contributed by atoms with Crippen LogP contribution in [0.25, 0.3) is 0 Å². The Hall–Kier alpha value is -1.45. The quantitative estimate of drug-likeness (QED) is 0.649. The van der Waals surface area contributed by atoms with E-state index in [4.69, 9.17) is 5.11 Å². The highest BCUT2D eigenvalue weighted by molar-refractivity contribution is 5.78. The van der Waals surface area contributed by atoms with Gasteiger partial charge < -0.3 is 14.9 Å². The summed E-state index contributed by atoms with van der Waals surface area (Å²) in [6, 6.07) is 0. The summed E-state index contributed by atoms with van der Waals surface area (Å²) in [6.07, 6.45) is 5.03. The molecule has 4 nitrogen and oxygen atoms in total. The van der Waals surface area contributed by atoms with E-state index < -0.39 is 5.97 Å². The summed E-state index contributed by atoms with van der Waals surface area (Å²) in [6.45, 7) is 7.28. The largest absolute Gasteiger partial charge is 0.478 e. The van der Waals surface area contributed by atoms with Gasteiger partial charge in [0.15, 0.2) is 0 Å². The molecule has 0 bridgehead atoms. The second-order valence-electron chi connectivity index (χ2n) is 2.64. The van der Waals surface area contributed by atoms with E-state index in [0.717, 1.165) is 19.3 Å². The smallest absolute Gasteiger partial charge is 0.327 e. The van der Waals surface area contributed by atoms with E-state index in [0.29, 0.717) is 0 Å². The summed E-state index contributed by atoms with van der Waals surface area (Å²) >= 11 is 0. The molecule has 0 aromatic rings. The molecule has 0 fully saturated rings. The van der Waals surface area contributed by atoms with E-state index in [1.807, 2.05) is 0 Å². The topological polar surface area (TPSA) is 43.8 Å². The van der Waals surface area contributed by atoms with Crippen LogP contribution in [0.1, 0.15) is 6.92 Å². The highest BCUT2D eigenvalue weighted by Gasteiger charge is 2.03. The van der Waals surface area contributed by atoms with Gasteiger partial charge in [-0.25, -0.2) is 4.79 Å². The molecule has 0 aromatic heterocycles. The van der Waals surface area contributed by atoms with Gasteiger partial charge in [-0.15, -0.1) is 0 Å². The first-order valence-corrected chi connectivity index (χ1v) is 4.08. The third-order valence-electron chi connectivity index (χ3n) is 1.52. The lowest BCUT2D eigenvalue weighted by molar-refractivity contribution is -0.131. The van der Waals surface area contributed by atoms with Crippen LogP contribution in [0.3, 0.4) is 0 Å². The number of carboxylic acid groups (broad SMARTS) is 1. The highest BCUT2D eigenvalue weighted by Crippen LogP contribution is 2.00. The van der Waals surface area contributed by atoms with Gasteiger partial charge in [0, 0.05) is 32.1 Å². The maximum absolute atomic E-state index is 9.25. The normalized spacial score (nSPS) is 13.7. The SMILES string of the molecule is C=CC(=O)O.CCN1C=CN(C)C1. The molecule has 1 N–H and O–H groups in total. The molecular weight excluding hydrogens is 168 g/mol. The highest BCUT2D eigenvalue weighted by atomic mass is 16.4. The first kappa shape index (κ1) is 11.6. The second kappa shape index (κ2) is 6.11. The summed E-state index contributed by atoms with van der Waals surface area (Å²) in [5, 5.41) is 7.60. The van der Waals surface area contributed by atoms with Crippen molar-refractivity contribution in [2.45, 2.75) is 6.92 Å². The van der Waals surface area contributed by atoms with Gasteiger partial charge in [-0.3, -0.25) is 0 Å². The maximum atomic E-state index is 9.25. The molecule has 0 radical (unpaired) electrons. The molecule has 0 atom stereocenters. The van der Waals surface area contributed by atoms with Gasteiger partial charge in [0.1, 0.15) is 0 Å². The lowest BCUT2D eigenvalue weighted by atomic mass is 10.6. The van der Waals surface area contributed by atoms with Crippen LogP contribution in [-0.4, -0.2) is 41.1 Å². The van der Waals surface area contributed by atoms with Crippen LogP contribution in [0.5, 0.6) is 0 Å². The van der Waals surface area contributed by atoms with E-state index in [1.54, 1.807) is 0 Å². The van der Waals surface area contributed by atoms with Crippen molar-refractivity contribution in [1.82, 2.24) is 9.80 Å². The van der Waals surface area contributed by atoms with E-state index in [1.165, 1.54) is 0 Å². The van der Waals surface area contributed by atoms with Gasteiger partial charge >= 0.3 is 5.97 Å². The fourth-order valence-electron chi connectivity index (χ4n) is 0.794. The summed E-state index contributed by atoms with van der Waals surface area (Å²) in [7, 11) is 2.08. The van der Waals surface area contributed by atoms with Crippen LogP contribution in [0.4, 0.5) is 0 Å². The molecule has 0 aromatic carbocycles. The van der Waals surface area contributed by atoms with Gasteiger partial charge in [-0.05, 0) is 6.92 Å². The minimum absolute atomic E-state index is 0.833. The average Bonchev–Trinajstić information content (AvgIpc) is 2.52. The molecule has 0 amide bonds. The standard InChI is InChI=1S/C6H12N2.C3H4O2/c1-3-8-5-4-7(2)6-8;1-2-3(4)5/h4-5H,3,6H2,1-2H3;2H,1H2,(H,4,5). The van der Waals surface area contributed by atoms with Crippen LogP contribution < -0.4 is 0 Å². The van der Waals surface area contributed by atoms with Crippen LogP contribution in [0.2, 0.25) is 0 Å². The Balaban J connectivity index is 0.000000252. The molecule has 1 heterocycles. The minimum Gasteiger partial charge on any atom is -0.478 e. The zero-order valence-electron chi connectivity index (χ0n) is 8.10. The molecule has 0 saturated heterocycles. The third-order valence-corrected chi connectivity index (χ3v) is 1.52. The Morgan fingerprint density at radius 1 is 1.69 bits per heavy atom. The minimum atomic E-state index is -0.981. The number of hydrogen-bond donors (Lipinski definition) is 1. The van der Waals surface area contributed by atoms with Crippen molar-refractivity contribution < 1.29 is 9.90 Å². The summed E-state index contributed by atoms with van der Waals surface area (Å²) in [5.74, 6) is -0.981. The monoisotopic (exact) mass is 184 g/mol. The molecule has 0 spiro atoms. The number of carbonyl (C=O) groups is 1. The molecule has 0 aliphatic carbocycles. The van der Waals surface area contributed by atoms with Gasteiger partial charge in [-0.2, -0.15) is 0 Å². The van der Waals surface area contributed by atoms with Gasteiger partial charge in [0.05, 0.1) is 6.67 Å². The van der Waals surface area contributed by atoms with Crippen molar-refractivity contribution in [3.05, 3.63) is 25.1 Å². The van der Waals surface area contributed by atoms with Gasteiger partial charge in [0.25, 0.3) is 0 Å². The molecule has 4 heteroatoms. The molecule has 74 valence electrons. The molecule has 0 saturated carbocycles. The van der Waals surface area contributed by atoms with E-state index in [9.17, 15) is 4.79 Å². The summed E-state index contributed by atoms with van der Waals surface area (Å²) < 4.78 is 0. The van der Waals surface area contributed by atoms with Crippen molar-refractivity contribution >= 4 is 5.97 Å². The zero-order valence-corrected chi connectivity index (χ0v) is 8.10. The molecule has 1 rings (SSSR count). The zero-order chi connectivity index (χ0) is 10.3. The maximum Gasteiger partial charge on any atom is 0.327 e. The van der Waals surface area contributed by atoms with Crippen LogP contribution in [0.15, 0.2) is 25.1 Å². The van der Waals surface area contributed by atoms with Crippen LogP contribution >= 0.6 is 0 Å². The number of carboxylic acids is 1. The van der Waals surface area contributed by atoms with Crippen molar-refractivity contribution in [3.63, 3.8) is 0 Å². The van der Waals surface area contributed by atoms with E-state index >= 15 is 0 Å². The summed E-state index contributed by atoms with van der Waals surface area (Å²) in [4.78, 5) is 13.7. The fourth-order valence-corrected chi connectivity index (χ4v) is 0.794. The van der Waals surface area contributed by atoms with Crippen molar-refractivity contribution in [3.8, 4) is 0 Å². The Kier molecular flexibility index (Phi) is 5.43. The van der Waals surface area contributed by atoms with Crippen molar-refractivity contribution in [1.29, 1.82) is 0 Å². The van der Waals surface area contributed by atoms with Crippen LogP contribution in [0, 0.1) is 0 Å². The Labute approximate surface area is 78.8 Å². The Bertz CT molecular complexity index is 202. The van der Waals surface area contributed by atoms with Gasteiger partial charge in [-0.1, -0.05) is 6.58 Å². The number of aliphatic carboxylic acids is 1. The number of rotatable bonds is 2. The molecule has 0 unspecified atom stereocenters. The lowest BCUT2D eigenvalue weighted by Crippen LogP contribution is -2.21. The third kappa shape index (κ3) is 5.78. The predicted molar refractivity (Wildman–Crippen MR) is 52.0 cm³/mol. The number of hydrogen-bond acceptors (Lipinski definition) is 3. The molecule has 1 aliphatic heterocycles. The van der Waals surface area contributed by atoms with Crippen molar-refractivity contribution in [2.75, 3.05) is 20.3 Å². The molecule has 1 aliphatic rings. The average molecular weight is 184 g/mol. The fraction of sp³-hybridized carbons (Fsp3) is 0.444.